The summed E-state index contributed by atoms with van der Waals surface area (Å²) in [7, 11) is 0. The molecule has 4 rings (SSSR count). The topological polar surface area (TPSA) is 77.6 Å². The van der Waals surface area contributed by atoms with Crippen LogP contribution < -0.4 is 5.73 Å². The first-order valence-corrected chi connectivity index (χ1v) is 8.32. The minimum absolute atomic E-state index is 0.236. The van der Waals surface area contributed by atoms with Crippen LogP contribution in [-0.2, 0) is 6.42 Å². The standard InChI is InChI=1S/C21H17N5/c22-21-25-19(16-8-4-10-23-13-16)18(12-15-6-2-1-3-7-15)20(26-21)17-9-5-11-24-14-17/h1-11,13-14H,12H2,(H2,22,25,26). The van der Waals surface area contributed by atoms with Crippen molar-refractivity contribution in [3.63, 3.8) is 0 Å². The molecule has 5 nitrogen and oxygen atoms in total. The van der Waals surface area contributed by atoms with E-state index in [1.807, 2.05) is 42.5 Å². The van der Waals surface area contributed by atoms with Gasteiger partial charge in [-0.2, -0.15) is 0 Å². The Morgan fingerprint density at radius 2 is 1.27 bits per heavy atom. The van der Waals surface area contributed by atoms with Gasteiger partial charge in [-0.15, -0.1) is 0 Å². The lowest BCUT2D eigenvalue weighted by molar-refractivity contribution is 1.09. The van der Waals surface area contributed by atoms with Gasteiger partial charge < -0.3 is 5.73 Å². The molecule has 0 saturated carbocycles. The van der Waals surface area contributed by atoms with E-state index >= 15 is 0 Å². The molecule has 0 amide bonds. The Balaban J connectivity index is 1.95. The summed E-state index contributed by atoms with van der Waals surface area (Å²) >= 11 is 0. The number of nitrogen functional groups attached to an aromatic ring is 1. The van der Waals surface area contributed by atoms with Gasteiger partial charge in [-0.05, 0) is 29.8 Å². The molecule has 4 aromatic rings. The second-order valence-electron chi connectivity index (χ2n) is 5.90. The summed E-state index contributed by atoms with van der Waals surface area (Å²) in [5, 5.41) is 0. The fourth-order valence-corrected chi connectivity index (χ4v) is 2.95. The maximum Gasteiger partial charge on any atom is 0.221 e. The van der Waals surface area contributed by atoms with Gasteiger partial charge >= 0.3 is 0 Å². The van der Waals surface area contributed by atoms with Gasteiger partial charge in [0.15, 0.2) is 0 Å². The number of hydrogen-bond donors (Lipinski definition) is 1. The third-order valence-corrected chi connectivity index (χ3v) is 4.12. The largest absolute Gasteiger partial charge is 0.368 e. The van der Waals surface area contributed by atoms with E-state index in [4.69, 9.17) is 5.73 Å². The van der Waals surface area contributed by atoms with Crippen molar-refractivity contribution >= 4 is 5.95 Å². The molecule has 0 aliphatic carbocycles. The van der Waals surface area contributed by atoms with Gasteiger partial charge in [-0.3, -0.25) is 9.97 Å². The number of hydrogen-bond acceptors (Lipinski definition) is 5. The normalized spacial score (nSPS) is 10.6. The van der Waals surface area contributed by atoms with Crippen LogP contribution in [0.5, 0.6) is 0 Å². The van der Waals surface area contributed by atoms with E-state index in [1.165, 1.54) is 5.56 Å². The number of nitrogens with zero attached hydrogens (tertiary/aromatic N) is 4. The molecule has 0 bridgehead atoms. The van der Waals surface area contributed by atoms with Crippen LogP contribution >= 0.6 is 0 Å². The summed E-state index contributed by atoms with van der Waals surface area (Å²) in [6.07, 6.45) is 7.77. The first-order chi connectivity index (χ1) is 12.8. The Morgan fingerprint density at radius 3 is 1.77 bits per heavy atom. The zero-order valence-corrected chi connectivity index (χ0v) is 14.1. The van der Waals surface area contributed by atoms with Crippen molar-refractivity contribution in [2.24, 2.45) is 0 Å². The summed E-state index contributed by atoms with van der Waals surface area (Å²) in [5.74, 6) is 0.236. The van der Waals surface area contributed by atoms with Crippen molar-refractivity contribution < 1.29 is 0 Å². The molecule has 2 N–H and O–H groups in total. The highest BCUT2D eigenvalue weighted by molar-refractivity contribution is 5.74. The lowest BCUT2D eigenvalue weighted by Crippen LogP contribution is -2.06. The minimum atomic E-state index is 0.236. The zero-order chi connectivity index (χ0) is 17.8. The minimum Gasteiger partial charge on any atom is -0.368 e. The monoisotopic (exact) mass is 339 g/mol. The molecule has 0 spiro atoms. The Labute approximate surface area is 151 Å². The highest BCUT2D eigenvalue weighted by Gasteiger charge is 2.17. The first-order valence-electron chi connectivity index (χ1n) is 8.32. The van der Waals surface area contributed by atoms with Gasteiger partial charge in [0.1, 0.15) is 0 Å². The average Bonchev–Trinajstić information content (AvgIpc) is 2.71. The Morgan fingerprint density at radius 1 is 0.692 bits per heavy atom. The number of anilines is 1. The van der Waals surface area contributed by atoms with E-state index in [-0.39, 0.29) is 5.95 Å². The Hall–Kier alpha value is -3.60. The van der Waals surface area contributed by atoms with Crippen LogP contribution in [0.3, 0.4) is 0 Å². The fraction of sp³-hybridized carbons (Fsp3) is 0.0476. The predicted octanol–water partition coefficient (Wildman–Crippen LogP) is 3.77. The molecule has 0 aliphatic rings. The molecule has 0 aliphatic heterocycles. The molecule has 0 atom stereocenters. The van der Waals surface area contributed by atoms with Crippen molar-refractivity contribution in [2.45, 2.75) is 6.42 Å². The van der Waals surface area contributed by atoms with Crippen LogP contribution in [0.25, 0.3) is 22.5 Å². The number of benzene rings is 1. The van der Waals surface area contributed by atoms with E-state index in [0.717, 1.165) is 28.1 Å². The smallest absolute Gasteiger partial charge is 0.221 e. The lowest BCUT2D eigenvalue weighted by atomic mass is 9.96. The van der Waals surface area contributed by atoms with E-state index in [0.29, 0.717) is 6.42 Å². The molecule has 0 radical (unpaired) electrons. The van der Waals surface area contributed by atoms with Crippen molar-refractivity contribution in [3.05, 3.63) is 90.5 Å². The molecule has 126 valence electrons. The highest BCUT2D eigenvalue weighted by atomic mass is 15.0. The molecule has 0 unspecified atom stereocenters. The number of nitrogens with two attached hydrogens (primary N) is 1. The predicted molar refractivity (Wildman–Crippen MR) is 102 cm³/mol. The quantitative estimate of drug-likeness (QED) is 0.612. The van der Waals surface area contributed by atoms with Crippen LogP contribution in [0.15, 0.2) is 79.4 Å². The number of pyridine rings is 2. The first kappa shape index (κ1) is 15.9. The second-order valence-corrected chi connectivity index (χ2v) is 5.90. The molecule has 0 fully saturated rings. The fourth-order valence-electron chi connectivity index (χ4n) is 2.95. The summed E-state index contributed by atoms with van der Waals surface area (Å²) in [5.41, 5.74) is 11.6. The van der Waals surface area contributed by atoms with Crippen LogP contribution in [0.4, 0.5) is 5.95 Å². The van der Waals surface area contributed by atoms with Crippen molar-refractivity contribution in [1.29, 1.82) is 0 Å². The highest BCUT2D eigenvalue weighted by Crippen LogP contribution is 2.31. The van der Waals surface area contributed by atoms with Gasteiger partial charge in [0, 0.05) is 47.9 Å². The molecule has 3 heterocycles. The summed E-state index contributed by atoms with van der Waals surface area (Å²) in [4.78, 5) is 17.5. The van der Waals surface area contributed by atoms with Crippen LogP contribution in [0.1, 0.15) is 11.1 Å². The number of rotatable bonds is 4. The van der Waals surface area contributed by atoms with E-state index in [9.17, 15) is 0 Å². The van der Waals surface area contributed by atoms with E-state index in [1.54, 1.807) is 24.8 Å². The molecule has 3 aromatic heterocycles. The Kier molecular flexibility index (Phi) is 4.35. The third kappa shape index (κ3) is 3.28. The molecule has 26 heavy (non-hydrogen) atoms. The SMILES string of the molecule is Nc1nc(-c2cccnc2)c(Cc2ccccc2)c(-c2cccnc2)n1. The van der Waals surface area contributed by atoms with Gasteiger partial charge in [0.2, 0.25) is 5.95 Å². The summed E-state index contributed by atoms with van der Waals surface area (Å²) in [6.45, 7) is 0. The van der Waals surface area contributed by atoms with Crippen LogP contribution in [0, 0.1) is 0 Å². The Bertz CT molecular complexity index is 942. The van der Waals surface area contributed by atoms with Crippen LogP contribution in [0.2, 0.25) is 0 Å². The molecular weight excluding hydrogens is 322 g/mol. The summed E-state index contributed by atoms with van der Waals surface area (Å²) in [6, 6.07) is 18.0. The summed E-state index contributed by atoms with van der Waals surface area (Å²) < 4.78 is 0. The molecular formula is C21H17N5. The van der Waals surface area contributed by atoms with Gasteiger partial charge in [-0.25, -0.2) is 9.97 Å². The number of aromatic nitrogens is 4. The maximum absolute atomic E-state index is 6.03. The van der Waals surface area contributed by atoms with Gasteiger partial charge in [0.05, 0.1) is 11.4 Å². The van der Waals surface area contributed by atoms with Crippen LogP contribution in [-0.4, -0.2) is 19.9 Å². The lowest BCUT2D eigenvalue weighted by Gasteiger charge is -2.15. The third-order valence-electron chi connectivity index (χ3n) is 4.12. The second kappa shape index (κ2) is 7.11. The van der Waals surface area contributed by atoms with E-state index < -0.39 is 0 Å². The molecule has 5 heteroatoms. The molecule has 0 saturated heterocycles. The average molecular weight is 339 g/mol. The van der Waals surface area contributed by atoms with Crippen molar-refractivity contribution in [2.75, 3.05) is 5.73 Å². The van der Waals surface area contributed by atoms with Crippen molar-refractivity contribution in [3.8, 4) is 22.5 Å². The molecule has 1 aromatic carbocycles. The maximum atomic E-state index is 6.03. The zero-order valence-electron chi connectivity index (χ0n) is 14.1. The van der Waals surface area contributed by atoms with Gasteiger partial charge in [0.25, 0.3) is 0 Å². The van der Waals surface area contributed by atoms with E-state index in [2.05, 4.69) is 32.1 Å². The van der Waals surface area contributed by atoms with Crippen molar-refractivity contribution in [1.82, 2.24) is 19.9 Å². The van der Waals surface area contributed by atoms with Gasteiger partial charge in [-0.1, -0.05) is 30.3 Å².